The molecular formula is C7H13NO. The number of piperidine rings is 1. The van der Waals surface area contributed by atoms with Gasteiger partial charge in [0.05, 0.1) is 6.10 Å². The highest BCUT2D eigenvalue weighted by atomic mass is 16.3. The largest absolute Gasteiger partial charge is 0.393 e. The third-order valence-corrected chi connectivity index (χ3v) is 2.78. The van der Waals surface area contributed by atoms with E-state index in [4.69, 9.17) is 0 Å². The van der Waals surface area contributed by atoms with Crippen molar-refractivity contribution in [2.24, 2.45) is 5.92 Å². The fourth-order valence-corrected chi connectivity index (χ4v) is 2.15. The van der Waals surface area contributed by atoms with Crippen molar-refractivity contribution in [3.63, 3.8) is 0 Å². The van der Waals surface area contributed by atoms with Gasteiger partial charge in [0, 0.05) is 12.6 Å². The van der Waals surface area contributed by atoms with Crippen molar-refractivity contribution in [2.75, 3.05) is 13.6 Å². The summed E-state index contributed by atoms with van der Waals surface area (Å²) in [6.45, 7) is 1.12. The topological polar surface area (TPSA) is 23.5 Å². The Morgan fingerprint density at radius 1 is 1.44 bits per heavy atom. The molecule has 1 saturated carbocycles. The minimum atomic E-state index is 0.0196. The van der Waals surface area contributed by atoms with Crippen LogP contribution in [-0.2, 0) is 0 Å². The summed E-state index contributed by atoms with van der Waals surface area (Å²) in [5.74, 6) is 0.597. The second-order valence-corrected chi connectivity index (χ2v) is 3.39. The van der Waals surface area contributed by atoms with E-state index in [0.717, 1.165) is 13.0 Å². The predicted octanol–water partition coefficient (Wildman–Crippen LogP) is 0.0713. The number of aliphatic hydroxyl groups is 1. The van der Waals surface area contributed by atoms with Crippen LogP contribution in [0.25, 0.3) is 0 Å². The van der Waals surface area contributed by atoms with Crippen molar-refractivity contribution < 1.29 is 5.11 Å². The summed E-state index contributed by atoms with van der Waals surface area (Å²) in [4.78, 5) is 2.36. The average Bonchev–Trinajstić information content (AvgIpc) is 2.24. The van der Waals surface area contributed by atoms with E-state index >= 15 is 0 Å². The molecular weight excluding hydrogens is 114 g/mol. The van der Waals surface area contributed by atoms with Crippen molar-refractivity contribution in [1.29, 1.82) is 0 Å². The van der Waals surface area contributed by atoms with Gasteiger partial charge in [-0.25, -0.2) is 0 Å². The third kappa shape index (κ3) is 0.700. The van der Waals surface area contributed by atoms with Crippen LogP contribution in [-0.4, -0.2) is 35.7 Å². The van der Waals surface area contributed by atoms with E-state index in [9.17, 15) is 5.11 Å². The molecule has 1 aliphatic carbocycles. The number of nitrogens with zero attached hydrogens (tertiary/aromatic N) is 1. The summed E-state index contributed by atoms with van der Waals surface area (Å²) in [6, 6.07) is 0.699. The first-order chi connectivity index (χ1) is 4.27. The molecule has 0 aromatic heterocycles. The van der Waals surface area contributed by atoms with Crippen LogP contribution in [0.4, 0.5) is 0 Å². The minimum absolute atomic E-state index is 0.0196. The number of likely N-dealkylation sites (tertiary alicyclic amines) is 1. The molecule has 2 heteroatoms. The van der Waals surface area contributed by atoms with Gasteiger partial charge in [-0.3, -0.25) is 0 Å². The molecule has 52 valence electrons. The zero-order chi connectivity index (χ0) is 6.43. The normalized spacial score (nSPS) is 50.7. The van der Waals surface area contributed by atoms with Gasteiger partial charge in [-0.2, -0.15) is 0 Å². The second kappa shape index (κ2) is 1.70. The highest BCUT2D eigenvalue weighted by Gasteiger charge is 2.41. The Hall–Kier alpha value is -0.0800. The molecule has 1 saturated heterocycles. The average molecular weight is 127 g/mol. The van der Waals surface area contributed by atoms with Gasteiger partial charge in [0.25, 0.3) is 0 Å². The molecule has 0 unspecified atom stereocenters. The van der Waals surface area contributed by atoms with E-state index in [2.05, 4.69) is 11.9 Å². The standard InChI is InChI=1S/C7H13NO/c1-8-4-5-2-6(8)3-7(5)9/h5-7,9H,2-4H2,1H3/t5-,6-,7+/m1/s1. The van der Waals surface area contributed by atoms with Crippen molar-refractivity contribution in [3.8, 4) is 0 Å². The zero-order valence-corrected chi connectivity index (χ0v) is 5.75. The molecule has 2 fully saturated rings. The van der Waals surface area contributed by atoms with Crippen LogP contribution >= 0.6 is 0 Å². The molecule has 9 heavy (non-hydrogen) atoms. The van der Waals surface area contributed by atoms with Gasteiger partial charge >= 0.3 is 0 Å². The Labute approximate surface area is 55.5 Å². The first kappa shape index (κ1) is 5.69. The van der Waals surface area contributed by atoms with Crippen LogP contribution in [0.15, 0.2) is 0 Å². The molecule has 1 aliphatic heterocycles. The van der Waals surface area contributed by atoms with Crippen LogP contribution in [0.1, 0.15) is 12.8 Å². The Balaban J connectivity index is 2.10. The number of fused-ring (bicyclic) bond motifs is 2. The molecule has 0 amide bonds. The van der Waals surface area contributed by atoms with Gasteiger partial charge in [-0.1, -0.05) is 0 Å². The first-order valence-electron chi connectivity index (χ1n) is 3.65. The molecule has 0 aromatic rings. The smallest absolute Gasteiger partial charge is 0.0596 e. The Bertz CT molecular complexity index is 108. The van der Waals surface area contributed by atoms with E-state index in [0.29, 0.717) is 12.0 Å². The maximum Gasteiger partial charge on any atom is 0.0596 e. The molecule has 1 N–H and O–H groups in total. The SMILES string of the molecule is CN1C[C@H]2C[C@@H]1C[C@@H]2O. The van der Waals surface area contributed by atoms with E-state index in [1.54, 1.807) is 0 Å². The summed E-state index contributed by atoms with van der Waals surface area (Å²) in [5.41, 5.74) is 0. The highest BCUT2D eigenvalue weighted by molar-refractivity contribution is 4.95. The molecule has 2 bridgehead atoms. The fourth-order valence-electron chi connectivity index (χ4n) is 2.15. The van der Waals surface area contributed by atoms with Crippen LogP contribution in [0.3, 0.4) is 0 Å². The van der Waals surface area contributed by atoms with E-state index in [1.165, 1.54) is 6.42 Å². The molecule has 0 aromatic carbocycles. The lowest BCUT2D eigenvalue weighted by atomic mass is 10.1. The lowest BCUT2D eigenvalue weighted by Crippen LogP contribution is -2.34. The van der Waals surface area contributed by atoms with Crippen molar-refractivity contribution >= 4 is 0 Å². The summed E-state index contributed by atoms with van der Waals surface area (Å²) in [7, 11) is 2.15. The molecule has 2 rings (SSSR count). The number of aliphatic hydroxyl groups excluding tert-OH is 1. The van der Waals surface area contributed by atoms with Gasteiger partial charge in [0.15, 0.2) is 0 Å². The Morgan fingerprint density at radius 3 is 2.56 bits per heavy atom. The summed E-state index contributed by atoms with van der Waals surface area (Å²) in [5, 5.41) is 9.31. The van der Waals surface area contributed by atoms with Crippen molar-refractivity contribution in [3.05, 3.63) is 0 Å². The second-order valence-electron chi connectivity index (χ2n) is 3.39. The lowest BCUT2D eigenvalue weighted by molar-refractivity contribution is 0.0848. The van der Waals surface area contributed by atoms with Gasteiger partial charge in [0.2, 0.25) is 0 Å². The van der Waals surface area contributed by atoms with Crippen LogP contribution in [0.5, 0.6) is 0 Å². The van der Waals surface area contributed by atoms with Crippen LogP contribution in [0, 0.1) is 5.92 Å². The van der Waals surface area contributed by atoms with Crippen LogP contribution in [0.2, 0.25) is 0 Å². The Morgan fingerprint density at radius 2 is 2.22 bits per heavy atom. The lowest BCUT2D eigenvalue weighted by Gasteiger charge is -2.24. The fraction of sp³-hybridized carbons (Fsp3) is 1.00. The van der Waals surface area contributed by atoms with Gasteiger partial charge in [-0.15, -0.1) is 0 Å². The van der Waals surface area contributed by atoms with Crippen molar-refractivity contribution in [2.45, 2.75) is 25.0 Å². The van der Waals surface area contributed by atoms with Crippen LogP contribution < -0.4 is 0 Å². The quantitative estimate of drug-likeness (QED) is 0.498. The van der Waals surface area contributed by atoms with E-state index < -0.39 is 0 Å². The number of rotatable bonds is 0. The summed E-state index contributed by atoms with van der Waals surface area (Å²) >= 11 is 0. The minimum Gasteiger partial charge on any atom is -0.393 e. The summed E-state index contributed by atoms with van der Waals surface area (Å²) in [6.07, 6.45) is 2.27. The van der Waals surface area contributed by atoms with Gasteiger partial charge in [0.1, 0.15) is 0 Å². The van der Waals surface area contributed by atoms with Gasteiger partial charge < -0.3 is 10.0 Å². The molecule has 3 atom stereocenters. The highest BCUT2D eigenvalue weighted by Crippen LogP contribution is 2.36. The monoisotopic (exact) mass is 127 g/mol. The maximum absolute atomic E-state index is 9.31. The van der Waals surface area contributed by atoms with E-state index in [1.807, 2.05) is 0 Å². The summed E-state index contributed by atoms with van der Waals surface area (Å²) < 4.78 is 0. The zero-order valence-electron chi connectivity index (χ0n) is 5.75. The molecule has 1 heterocycles. The third-order valence-electron chi connectivity index (χ3n) is 2.78. The first-order valence-corrected chi connectivity index (χ1v) is 3.65. The molecule has 0 spiro atoms. The predicted molar refractivity (Wildman–Crippen MR) is 35.1 cm³/mol. The number of hydrogen-bond acceptors (Lipinski definition) is 2. The molecule has 2 aliphatic rings. The molecule has 2 nitrogen and oxygen atoms in total. The van der Waals surface area contributed by atoms with Gasteiger partial charge in [-0.05, 0) is 25.8 Å². The molecule has 0 radical (unpaired) electrons. The maximum atomic E-state index is 9.31. The van der Waals surface area contributed by atoms with E-state index in [-0.39, 0.29) is 6.10 Å². The number of hydrogen-bond donors (Lipinski definition) is 1. The van der Waals surface area contributed by atoms with Crippen molar-refractivity contribution in [1.82, 2.24) is 4.90 Å². The Kier molecular flexibility index (Phi) is 1.08.